The van der Waals surface area contributed by atoms with Crippen molar-refractivity contribution in [3.63, 3.8) is 0 Å². The molecule has 166 valence electrons. The van der Waals surface area contributed by atoms with Gasteiger partial charge < -0.3 is 24.0 Å². The average Bonchev–Trinajstić information content (AvgIpc) is 3.08. The zero-order valence-corrected chi connectivity index (χ0v) is 18.4. The molecule has 0 radical (unpaired) electrons. The van der Waals surface area contributed by atoms with Crippen molar-refractivity contribution in [2.75, 3.05) is 47.0 Å². The minimum absolute atomic E-state index is 0.000633. The topological polar surface area (TPSA) is 68.3 Å². The summed E-state index contributed by atoms with van der Waals surface area (Å²) in [5.41, 5.74) is 1.62. The SMILES string of the molecule is CCc1ccccc1OCC(=O)N1CCCN(C(=O)c2ccc(OC)c(OC)c2)CC1. The lowest BCUT2D eigenvalue weighted by Gasteiger charge is -2.23. The number of hydrogen-bond acceptors (Lipinski definition) is 5. The molecule has 7 heteroatoms. The number of nitrogens with zero attached hydrogens (tertiary/aromatic N) is 2. The molecular weight excluding hydrogens is 396 g/mol. The molecule has 2 amide bonds. The van der Waals surface area contributed by atoms with Gasteiger partial charge in [0.15, 0.2) is 18.1 Å². The van der Waals surface area contributed by atoms with Crippen LogP contribution in [0.25, 0.3) is 0 Å². The van der Waals surface area contributed by atoms with E-state index in [-0.39, 0.29) is 18.4 Å². The van der Waals surface area contributed by atoms with Crippen LogP contribution in [0.2, 0.25) is 0 Å². The molecule has 1 aliphatic heterocycles. The maximum Gasteiger partial charge on any atom is 0.260 e. The van der Waals surface area contributed by atoms with Crippen molar-refractivity contribution in [2.45, 2.75) is 19.8 Å². The summed E-state index contributed by atoms with van der Waals surface area (Å²) < 4.78 is 16.3. The first-order valence-corrected chi connectivity index (χ1v) is 10.6. The molecule has 3 rings (SSSR count). The number of aryl methyl sites for hydroxylation is 1. The van der Waals surface area contributed by atoms with Crippen LogP contribution in [0.15, 0.2) is 42.5 Å². The first-order chi connectivity index (χ1) is 15.1. The van der Waals surface area contributed by atoms with Crippen molar-refractivity contribution in [3.05, 3.63) is 53.6 Å². The number of para-hydroxylation sites is 1. The van der Waals surface area contributed by atoms with Crippen LogP contribution in [0, 0.1) is 0 Å². The smallest absolute Gasteiger partial charge is 0.260 e. The summed E-state index contributed by atoms with van der Waals surface area (Å²) in [5, 5.41) is 0. The fourth-order valence-electron chi connectivity index (χ4n) is 3.69. The molecule has 1 heterocycles. The first kappa shape index (κ1) is 22.5. The molecule has 1 aliphatic rings. The highest BCUT2D eigenvalue weighted by molar-refractivity contribution is 5.95. The van der Waals surface area contributed by atoms with Gasteiger partial charge in [-0.25, -0.2) is 0 Å². The lowest BCUT2D eigenvalue weighted by Crippen LogP contribution is -2.39. The Morgan fingerprint density at radius 1 is 0.871 bits per heavy atom. The molecule has 0 atom stereocenters. The monoisotopic (exact) mass is 426 g/mol. The van der Waals surface area contributed by atoms with E-state index in [9.17, 15) is 9.59 Å². The molecule has 1 fully saturated rings. The van der Waals surface area contributed by atoms with Gasteiger partial charge in [0.1, 0.15) is 5.75 Å². The van der Waals surface area contributed by atoms with Gasteiger partial charge in [-0.3, -0.25) is 9.59 Å². The van der Waals surface area contributed by atoms with E-state index in [4.69, 9.17) is 14.2 Å². The molecular formula is C24H30N2O5. The Bertz CT molecular complexity index is 915. The Morgan fingerprint density at radius 2 is 1.58 bits per heavy atom. The number of amides is 2. The lowest BCUT2D eigenvalue weighted by atomic mass is 10.1. The largest absolute Gasteiger partial charge is 0.493 e. The van der Waals surface area contributed by atoms with Gasteiger partial charge in [0.05, 0.1) is 14.2 Å². The summed E-state index contributed by atoms with van der Waals surface area (Å²) in [4.78, 5) is 29.2. The Labute approximate surface area is 183 Å². The number of rotatable bonds is 7. The minimum atomic E-state index is -0.0802. The van der Waals surface area contributed by atoms with E-state index in [2.05, 4.69) is 6.92 Å². The van der Waals surface area contributed by atoms with Gasteiger partial charge in [-0.15, -0.1) is 0 Å². The maximum atomic E-state index is 13.0. The van der Waals surface area contributed by atoms with Crippen LogP contribution in [-0.2, 0) is 11.2 Å². The van der Waals surface area contributed by atoms with Crippen LogP contribution < -0.4 is 14.2 Å². The summed E-state index contributed by atoms with van der Waals surface area (Å²) in [6, 6.07) is 12.9. The number of ether oxygens (including phenoxy) is 3. The summed E-state index contributed by atoms with van der Waals surface area (Å²) >= 11 is 0. The van der Waals surface area contributed by atoms with Crippen LogP contribution in [0.3, 0.4) is 0 Å². The summed E-state index contributed by atoms with van der Waals surface area (Å²) in [5.74, 6) is 1.70. The minimum Gasteiger partial charge on any atom is -0.493 e. The van der Waals surface area contributed by atoms with Crippen molar-refractivity contribution in [3.8, 4) is 17.2 Å². The Kier molecular flexibility index (Phi) is 7.76. The van der Waals surface area contributed by atoms with Crippen molar-refractivity contribution in [2.24, 2.45) is 0 Å². The van der Waals surface area contributed by atoms with E-state index in [1.165, 1.54) is 0 Å². The third-order valence-electron chi connectivity index (χ3n) is 5.47. The third kappa shape index (κ3) is 5.48. The highest BCUT2D eigenvalue weighted by atomic mass is 16.5. The van der Waals surface area contributed by atoms with Crippen LogP contribution in [0.1, 0.15) is 29.3 Å². The van der Waals surface area contributed by atoms with Crippen LogP contribution >= 0.6 is 0 Å². The third-order valence-corrected chi connectivity index (χ3v) is 5.47. The van der Waals surface area contributed by atoms with Crippen molar-refractivity contribution < 1.29 is 23.8 Å². The molecule has 2 aromatic carbocycles. The van der Waals surface area contributed by atoms with E-state index in [0.29, 0.717) is 43.2 Å². The van der Waals surface area contributed by atoms with Gasteiger partial charge >= 0.3 is 0 Å². The van der Waals surface area contributed by atoms with Gasteiger partial charge in [-0.05, 0) is 42.7 Å². The van der Waals surface area contributed by atoms with Crippen molar-refractivity contribution in [1.82, 2.24) is 9.80 Å². The van der Waals surface area contributed by atoms with Gasteiger partial charge in [0, 0.05) is 31.7 Å². The molecule has 0 saturated carbocycles. The second kappa shape index (κ2) is 10.7. The van der Waals surface area contributed by atoms with Gasteiger partial charge in [-0.1, -0.05) is 25.1 Å². The lowest BCUT2D eigenvalue weighted by molar-refractivity contribution is -0.133. The summed E-state index contributed by atoms with van der Waals surface area (Å²) in [7, 11) is 3.10. The van der Waals surface area contributed by atoms with Gasteiger partial charge in [-0.2, -0.15) is 0 Å². The molecule has 31 heavy (non-hydrogen) atoms. The van der Waals surface area contributed by atoms with Crippen LogP contribution in [-0.4, -0.2) is 68.6 Å². The summed E-state index contributed by atoms with van der Waals surface area (Å²) in [6.45, 7) is 4.22. The highest BCUT2D eigenvalue weighted by Gasteiger charge is 2.24. The van der Waals surface area contributed by atoms with Gasteiger partial charge in [0.25, 0.3) is 11.8 Å². The number of hydrogen-bond donors (Lipinski definition) is 0. The molecule has 0 N–H and O–H groups in total. The van der Waals surface area contributed by atoms with E-state index in [0.717, 1.165) is 24.2 Å². The number of carbonyl (C=O) groups excluding carboxylic acids is 2. The molecule has 0 bridgehead atoms. The molecule has 0 spiro atoms. The number of carbonyl (C=O) groups is 2. The predicted molar refractivity (Wildman–Crippen MR) is 118 cm³/mol. The molecule has 0 aliphatic carbocycles. The predicted octanol–water partition coefficient (Wildman–Crippen LogP) is 3.02. The second-order valence-electron chi connectivity index (χ2n) is 7.35. The highest BCUT2D eigenvalue weighted by Crippen LogP contribution is 2.28. The number of methoxy groups -OCH3 is 2. The maximum absolute atomic E-state index is 13.0. The van der Waals surface area contributed by atoms with Crippen LogP contribution in [0.4, 0.5) is 0 Å². The Balaban J connectivity index is 1.58. The quantitative estimate of drug-likeness (QED) is 0.681. The Morgan fingerprint density at radius 3 is 2.32 bits per heavy atom. The second-order valence-corrected chi connectivity index (χ2v) is 7.35. The normalized spacial score (nSPS) is 14.0. The van der Waals surface area contributed by atoms with Crippen molar-refractivity contribution in [1.29, 1.82) is 0 Å². The Hall–Kier alpha value is -3.22. The number of benzene rings is 2. The van der Waals surface area contributed by atoms with Gasteiger partial charge in [0.2, 0.25) is 0 Å². The van der Waals surface area contributed by atoms with Crippen LogP contribution in [0.5, 0.6) is 17.2 Å². The van der Waals surface area contributed by atoms with E-state index in [1.54, 1.807) is 42.2 Å². The zero-order chi connectivity index (χ0) is 22.2. The molecule has 2 aromatic rings. The summed E-state index contributed by atoms with van der Waals surface area (Å²) in [6.07, 6.45) is 1.57. The molecule has 0 aromatic heterocycles. The van der Waals surface area contributed by atoms with E-state index < -0.39 is 0 Å². The molecule has 0 unspecified atom stereocenters. The van der Waals surface area contributed by atoms with E-state index >= 15 is 0 Å². The fourth-order valence-corrected chi connectivity index (χ4v) is 3.69. The molecule has 1 saturated heterocycles. The average molecular weight is 427 g/mol. The standard InChI is InChI=1S/C24H30N2O5/c1-4-18-8-5-6-9-20(18)31-17-23(27)25-12-7-13-26(15-14-25)24(28)19-10-11-21(29-2)22(16-19)30-3/h5-6,8-11,16H,4,7,12-15,17H2,1-3H3. The first-order valence-electron chi connectivity index (χ1n) is 10.6. The van der Waals surface area contributed by atoms with Crippen molar-refractivity contribution >= 4 is 11.8 Å². The fraction of sp³-hybridized carbons (Fsp3) is 0.417. The zero-order valence-electron chi connectivity index (χ0n) is 18.4. The van der Waals surface area contributed by atoms with E-state index in [1.807, 2.05) is 24.3 Å². The molecule has 7 nitrogen and oxygen atoms in total.